The smallest absolute Gasteiger partial charge is 0.0428 e. The molecular weight excluding hydrogens is 174 g/mol. The van der Waals surface area contributed by atoms with Gasteiger partial charge in [-0.1, -0.05) is 30.3 Å². The van der Waals surface area contributed by atoms with Crippen molar-refractivity contribution in [3.8, 4) is 0 Å². The topological polar surface area (TPSA) is 50.1 Å². The molecule has 0 amide bonds. The van der Waals surface area contributed by atoms with Gasteiger partial charge in [0.05, 0.1) is 0 Å². The Balaban J connectivity index is 2.46. The third kappa shape index (κ3) is 3.46. The molecule has 0 saturated carbocycles. The quantitative estimate of drug-likeness (QED) is 0.463. The molecule has 0 aromatic heterocycles. The van der Waals surface area contributed by atoms with E-state index in [0.717, 1.165) is 13.0 Å². The van der Waals surface area contributed by atoms with Crippen molar-refractivity contribution in [2.24, 2.45) is 5.73 Å². The van der Waals surface area contributed by atoms with Crippen LogP contribution in [0.25, 0.3) is 0 Å². The largest absolute Gasteiger partial charge is 0.318 e. The van der Waals surface area contributed by atoms with Gasteiger partial charge in [-0.05, 0) is 25.6 Å². The number of rotatable bonds is 6. The predicted octanol–water partition coefficient (Wildman–Crippen LogP) is 0.843. The molecule has 78 valence electrons. The molecule has 0 bridgehead atoms. The molecular formula is C11H19N3. The Morgan fingerprint density at radius 3 is 2.57 bits per heavy atom. The van der Waals surface area contributed by atoms with Crippen LogP contribution in [0.3, 0.4) is 0 Å². The summed E-state index contributed by atoms with van der Waals surface area (Å²) < 4.78 is 0. The van der Waals surface area contributed by atoms with Crippen LogP contribution in [0.5, 0.6) is 0 Å². The molecule has 3 heteroatoms. The molecule has 4 N–H and O–H groups in total. The predicted molar refractivity (Wildman–Crippen MR) is 59.9 cm³/mol. The first-order valence-corrected chi connectivity index (χ1v) is 5.01. The van der Waals surface area contributed by atoms with Gasteiger partial charge in [0.1, 0.15) is 0 Å². The molecule has 1 aromatic carbocycles. The second kappa shape index (κ2) is 6.54. The average Bonchev–Trinajstić information content (AvgIpc) is 2.26. The Morgan fingerprint density at radius 1 is 1.29 bits per heavy atom. The summed E-state index contributed by atoms with van der Waals surface area (Å²) in [5.74, 6) is 0. The van der Waals surface area contributed by atoms with Gasteiger partial charge in [-0.25, -0.2) is 0 Å². The Morgan fingerprint density at radius 2 is 2.00 bits per heavy atom. The Kier molecular flexibility index (Phi) is 5.22. The summed E-state index contributed by atoms with van der Waals surface area (Å²) in [4.78, 5) is 0. The molecule has 3 nitrogen and oxygen atoms in total. The number of hydrogen-bond donors (Lipinski definition) is 3. The molecule has 0 heterocycles. The first-order chi connectivity index (χ1) is 6.88. The normalized spacial score (nSPS) is 12.7. The number of hydrogen-bond acceptors (Lipinski definition) is 3. The minimum Gasteiger partial charge on any atom is -0.318 e. The minimum atomic E-state index is 0.412. The average molecular weight is 193 g/mol. The van der Waals surface area contributed by atoms with Gasteiger partial charge in [0.25, 0.3) is 0 Å². The summed E-state index contributed by atoms with van der Waals surface area (Å²) >= 11 is 0. The Hall–Kier alpha value is -0.900. The van der Waals surface area contributed by atoms with Gasteiger partial charge in [0.2, 0.25) is 0 Å². The summed E-state index contributed by atoms with van der Waals surface area (Å²) in [6.45, 7) is 1.49. The Labute approximate surface area is 85.7 Å². The minimum absolute atomic E-state index is 0.412. The maximum Gasteiger partial charge on any atom is 0.0428 e. The van der Waals surface area contributed by atoms with Crippen molar-refractivity contribution in [3.05, 3.63) is 35.9 Å². The fraction of sp³-hybridized carbons (Fsp3) is 0.455. The van der Waals surface area contributed by atoms with E-state index in [1.807, 2.05) is 13.1 Å². The maximum atomic E-state index is 5.36. The van der Waals surface area contributed by atoms with Crippen LogP contribution >= 0.6 is 0 Å². The van der Waals surface area contributed by atoms with Crippen LogP contribution in [0.15, 0.2) is 30.3 Å². The van der Waals surface area contributed by atoms with Crippen molar-refractivity contribution in [1.29, 1.82) is 0 Å². The van der Waals surface area contributed by atoms with Crippen molar-refractivity contribution >= 4 is 0 Å². The lowest BCUT2D eigenvalue weighted by Gasteiger charge is -2.16. The van der Waals surface area contributed by atoms with E-state index in [4.69, 9.17) is 5.73 Å². The highest BCUT2D eigenvalue weighted by atomic mass is 15.0. The standard InChI is InChI=1S/C11H19N3/c1-13-11(7-8-14-9-12)10-5-3-2-4-6-10/h2-6,11,13-14H,7-9,12H2,1H3. The van der Waals surface area contributed by atoms with Gasteiger partial charge in [-0.3, -0.25) is 0 Å². The summed E-state index contributed by atoms with van der Waals surface area (Å²) in [5.41, 5.74) is 6.69. The third-order valence-corrected chi connectivity index (χ3v) is 2.30. The molecule has 0 aliphatic rings. The molecule has 1 aromatic rings. The van der Waals surface area contributed by atoms with Crippen LogP contribution in [-0.4, -0.2) is 20.3 Å². The van der Waals surface area contributed by atoms with Crippen LogP contribution in [0.2, 0.25) is 0 Å². The Bertz CT molecular complexity index is 236. The van der Waals surface area contributed by atoms with Gasteiger partial charge in [0, 0.05) is 12.7 Å². The van der Waals surface area contributed by atoms with Gasteiger partial charge < -0.3 is 16.4 Å². The van der Waals surface area contributed by atoms with Crippen molar-refractivity contribution in [1.82, 2.24) is 10.6 Å². The number of benzene rings is 1. The molecule has 1 rings (SSSR count). The second-order valence-corrected chi connectivity index (χ2v) is 3.24. The van der Waals surface area contributed by atoms with Crippen molar-refractivity contribution < 1.29 is 0 Å². The summed E-state index contributed by atoms with van der Waals surface area (Å²) in [6.07, 6.45) is 1.05. The SMILES string of the molecule is CNC(CCNCN)c1ccccc1. The van der Waals surface area contributed by atoms with E-state index >= 15 is 0 Å². The van der Waals surface area contributed by atoms with Gasteiger partial charge >= 0.3 is 0 Å². The fourth-order valence-electron chi connectivity index (χ4n) is 1.51. The number of nitrogens with one attached hydrogen (secondary N) is 2. The highest BCUT2D eigenvalue weighted by molar-refractivity contribution is 5.18. The maximum absolute atomic E-state index is 5.36. The monoisotopic (exact) mass is 193 g/mol. The second-order valence-electron chi connectivity index (χ2n) is 3.24. The highest BCUT2D eigenvalue weighted by Gasteiger charge is 2.06. The lowest BCUT2D eigenvalue weighted by Crippen LogP contribution is -2.27. The summed E-state index contributed by atoms with van der Waals surface area (Å²) in [5, 5.41) is 6.42. The van der Waals surface area contributed by atoms with E-state index < -0.39 is 0 Å². The van der Waals surface area contributed by atoms with Crippen LogP contribution in [0, 0.1) is 0 Å². The fourth-order valence-corrected chi connectivity index (χ4v) is 1.51. The van der Waals surface area contributed by atoms with E-state index in [9.17, 15) is 0 Å². The van der Waals surface area contributed by atoms with E-state index in [-0.39, 0.29) is 0 Å². The van der Waals surface area contributed by atoms with Crippen molar-refractivity contribution in [2.75, 3.05) is 20.3 Å². The first kappa shape index (κ1) is 11.2. The van der Waals surface area contributed by atoms with Gasteiger partial charge in [-0.2, -0.15) is 0 Å². The van der Waals surface area contributed by atoms with E-state index in [2.05, 4.69) is 34.9 Å². The molecule has 0 spiro atoms. The lowest BCUT2D eigenvalue weighted by molar-refractivity contribution is 0.520. The van der Waals surface area contributed by atoms with Crippen molar-refractivity contribution in [2.45, 2.75) is 12.5 Å². The molecule has 0 aliphatic carbocycles. The molecule has 1 atom stereocenters. The molecule has 0 radical (unpaired) electrons. The molecule has 0 aliphatic heterocycles. The van der Waals surface area contributed by atoms with E-state index in [0.29, 0.717) is 12.7 Å². The zero-order valence-electron chi connectivity index (χ0n) is 8.66. The molecule has 14 heavy (non-hydrogen) atoms. The van der Waals surface area contributed by atoms with Gasteiger partial charge in [0.15, 0.2) is 0 Å². The summed E-state index contributed by atoms with van der Waals surface area (Å²) in [6, 6.07) is 10.9. The zero-order chi connectivity index (χ0) is 10.2. The summed E-state index contributed by atoms with van der Waals surface area (Å²) in [7, 11) is 1.99. The van der Waals surface area contributed by atoms with Crippen molar-refractivity contribution in [3.63, 3.8) is 0 Å². The van der Waals surface area contributed by atoms with Crippen LogP contribution in [0.4, 0.5) is 0 Å². The lowest BCUT2D eigenvalue weighted by atomic mass is 10.0. The van der Waals surface area contributed by atoms with Gasteiger partial charge in [-0.15, -0.1) is 0 Å². The molecule has 0 saturated heterocycles. The number of nitrogens with two attached hydrogens (primary N) is 1. The first-order valence-electron chi connectivity index (χ1n) is 5.01. The van der Waals surface area contributed by atoms with Crippen LogP contribution in [0.1, 0.15) is 18.0 Å². The van der Waals surface area contributed by atoms with E-state index in [1.54, 1.807) is 0 Å². The molecule has 1 unspecified atom stereocenters. The van der Waals surface area contributed by atoms with Crippen LogP contribution in [-0.2, 0) is 0 Å². The molecule has 0 fully saturated rings. The third-order valence-electron chi connectivity index (χ3n) is 2.30. The highest BCUT2D eigenvalue weighted by Crippen LogP contribution is 2.14. The van der Waals surface area contributed by atoms with Crippen LogP contribution < -0.4 is 16.4 Å². The van der Waals surface area contributed by atoms with E-state index in [1.165, 1.54) is 5.56 Å². The zero-order valence-corrected chi connectivity index (χ0v) is 8.66.